The lowest BCUT2D eigenvalue weighted by Gasteiger charge is -2.01. The molecule has 0 fully saturated rings. The van der Waals surface area contributed by atoms with Gasteiger partial charge in [0.15, 0.2) is 0 Å². The van der Waals surface area contributed by atoms with E-state index in [1.165, 1.54) is 17.7 Å². The van der Waals surface area contributed by atoms with Crippen molar-refractivity contribution < 1.29 is 0 Å². The number of hydrogen-bond acceptors (Lipinski definition) is 1. The van der Waals surface area contributed by atoms with Crippen LogP contribution >= 0.6 is 11.3 Å². The van der Waals surface area contributed by atoms with Crippen LogP contribution in [0, 0.1) is 0 Å². The van der Waals surface area contributed by atoms with Gasteiger partial charge in [-0.2, -0.15) is 0 Å². The Morgan fingerprint density at radius 3 is 3.10 bits per heavy atom. The van der Waals surface area contributed by atoms with E-state index in [0.717, 1.165) is 5.92 Å². The first kappa shape index (κ1) is 6.17. The van der Waals surface area contributed by atoms with Gasteiger partial charge in [-0.1, -0.05) is 18.2 Å². The van der Waals surface area contributed by atoms with Crippen LogP contribution in [0.5, 0.6) is 0 Å². The van der Waals surface area contributed by atoms with E-state index in [9.17, 15) is 0 Å². The lowest BCUT2D eigenvalue weighted by Crippen LogP contribution is -1.83. The highest BCUT2D eigenvalue weighted by Gasteiger charge is 2.11. The summed E-state index contributed by atoms with van der Waals surface area (Å²) in [5, 5.41) is 2.15. The van der Waals surface area contributed by atoms with Gasteiger partial charge in [-0.25, -0.2) is 0 Å². The summed E-state index contributed by atoms with van der Waals surface area (Å²) in [7, 11) is 0. The molecule has 10 heavy (non-hydrogen) atoms. The normalized spacial score (nSPS) is 23.8. The Morgan fingerprint density at radius 2 is 2.50 bits per heavy atom. The summed E-state index contributed by atoms with van der Waals surface area (Å²) in [4.78, 5) is 1.52. The van der Waals surface area contributed by atoms with Crippen LogP contribution in [-0.2, 0) is 0 Å². The van der Waals surface area contributed by atoms with Crippen LogP contribution in [0.4, 0.5) is 0 Å². The van der Waals surface area contributed by atoms with E-state index >= 15 is 0 Å². The van der Waals surface area contributed by atoms with E-state index in [2.05, 4.69) is 29.7 Å². The van der Waals surface area contributed by atoms with Crippen LogP contribution in [0.1, 0.15) is 23.6 Å². The lowest BCUT2D eigenvalue weighted by atomic mass is 10.1. The summed E-state index contributed by atoms with van der Waals surface area (Å²) in [6.07, 6.45) is 7.19. The van der Waals surface area contributed by atoms with Crippen molar-refractivity contribution >= 4 is 11.3 Å². The van der Waals surface area contributed by atoms with E-state index in [4.69, 9.17) is 0 Å². The maximum Gasteiger partial charge on any atom is 0.0115 e. The average Bonchev–Trinajstić information content (AvgIpc) is 2.59. The van der Waals surface area contributed by atoms with E-state index in [1.807, 2.05) is 11.3 Å². The SMILES string of the molecule is C1=C[C@@H](c2cccs2)CC1. The summed E-state index contributed by atoms with van der Waals surface area (Å²) in [6.45, 7) is 0. The van der Waals surface area contributed by atoms with Gasteiger partial charge in [0.25, 0.3) is 0 Å². The predicted octanol–water partition coefficient (Wildman–Crippen LogP) is 3.18. The second-order valence-corrected chi connectivity index (χ2v) is 3.61. The monoisotopic (exact) mass is 150 g/mol. The molecule has 0 saturated heterocycles. The van der Waals surface area contributed by atoms with Crippen LogP contribution < -0.4 is 0 Å². The molecule has 1 heteroatoms. The molecule has 2 rings (SSSR count). The zero-order valence-electron chi connectivity index (χ0n) is 5.79. The molecule has 1 aromatic heterocycles. The van der Waals surface area contributed by atoms with E-state index < -0.39 is 0 Å². The minimum Gasteiger partial charge on any atom is -0.148 e. The number of thiophene rings is 1. The minimum absolute atomic E-state index is 0.736. The Labute approximate surface area is 65.2 Å². The fourth-order valence-corrected chi connectivity index (χ4v) is 2.21. The third-order valence-electron chi connectivity index (χ3n) is 1.92. The molecule has 1 aromatic rings. The highest BCUT2D eigenvalue weighted by atomic mass is 32.1. The lowest BCUT2D eigenvalue weighted by molar-refractivity contribution is 0.815. The molecule has 1 aliphatic carbocycles. The molecule has 0 bridgehead atoms. The molecule has 0 saturated carbocycles. The zero-order valence-corrected chi connectivity index (χ0v) is 6.60. The van der Waals surface area contributed by atoms with Gasteiger partial charge in [0, 0.05) is 10.8 Å². The first-order valence-corrected chi connectivity index (χ1v) is 4.55. The van der Waals surface area contributed by atoms with Crippen molar-refractivity contribution in [1.82, 2.24) is 0 Å². The molecule has 0 aliphatic heterocycles. The third-order valence-corrected chi connectivity index (χ3v) is 2.93. The van der Waals surface area contributed by atoms with Crippen LogP contribution in [0.2, 0.25) is 0 Å². The van der Waals surface area contributed by atoms with Crippen LogP contribution in [0.15, 0.2) is 29.7 Å². The van der Waals surface area contributed by atoms with Crippen LogP contribution in [0.25, 0.3) is 0 Å². The van der Waals surface area contributed by atoms with Crippen LogP contribution in [0.3, 0.4) is 0 Å². The average molecular weight is 150 g/mol. The van der Waals surface area contributed by atoms with Gasteiger partial charge in [0.05, 0.1) is 0 Å². The maximum absolute atomic E-state index is 2.33. The van der Waals surface area contributed by atoms with Gasteiger partial charge in [0.1, 0.15) is 0 Å². The predicted molar refractivity (Wildman–Crippen MR) is 45.4 cm³/mol. The van der Waals surface area contributed by atoms with E-state index in [-0.39, 0.29) is 0 Å². The highest BCUT2D eigenvalue weighted by molar-refractivity contribution is 7.10. The zero-order chi connectivity index (χ0) is 6.81. The quantitative estimate of drug-likeness (QED) is 0.539. The standard InChI is InChI=1S/C9H10S/c1-2-5-8(4-1)9-6-3-7-10-9/h1,3-4,6-8H,2,5H2/t8-/m1/s1. The van der Waals surface area contributed by atoms with Crippen molar-refractivity contribution in [2.24, 2.45) is 0 Å². The largest absolute Gasteiger partial charge is 0.148 e. The van der Waals surface area contributed by atoms with Gasteiger partial charge in [0.2, 0.25) is 0 Å². The highest BCUT2D eigenvalue weighted by Crippen LogP contribution is 2.30. The van der Waals surface area contributed by atoms with Gasteiger partial charge >= 0.3 is 0 Å². The minimum atomic E-state index is 0.736. The number of rotatable bonds is 1. The van der Waals surface area contributed by atoms with Gasteiger partial charge < -0.3 is 0 Å². The molecular weight excluding hydrogens is 140 g/mol. The van der Waals surface area contributed by atoms with Crippen molar-refractivity contribution in [1.29, 1.82) is 0 Å². The Balaban J connectivity index is 2.20. The van der Waals surface area contributed by atoms with Crippen molar-refractivity contribution in [3.63, 3.8) is 0 Å². The van der Waals surface area contributed by atoms with Crippen LogP contribution in [-0.4, -0.2) is 0 Å². The summed E-state index contributed by atoms with van der Waals surface area (Å²) >= 11 is 1.87. The summed E-state index contributed by atoms with van der Waals surface area (Å²) in [6, 6.07) is 4.36. The second-order valence-electron chi connectivity index (χ2n) is 2.63. The molecule has 1 aliphatic rings. The van der Waals surface area contributed by atoms with E-state index in [0.29, 0.717) is 0 Å². The fraction of sp³-hybridized carbons (Fsp3) is 0.333. The molecule has 0 amide bonds. The molecule has 52 valence electrons. The molecule has 1 atom stereocenters. The summed E-state index contributed by atoms with van der Waals surface area (Å²) in [5.41, 5.74) is 0. The van der Waals surface area contributed by atoms with Crippen molar-refractivity contribution in [3.8, 4) is 0 Å². The Hall–Kier alpha value is -0.560. The van der Waals surface area contributed by atoms with Gasteiger partial charge in [-0.05, 0) is 24.3 Å². The number of allylic oxidation sites excluding steroid dienone is 2. The topological polar surface area (TPSA) is 0 Å². The second kappa shape index (κ2) is 2.59. The fourth-order valence-electron chi connectivity index (χ4n) is 1.37. The maximum atomic E-state index is 2.33. The molecule has 0 nitrogen and oxygen atoms in total. The molecule has 0 aromatic carbocycles. The van der Waals surface area contributed by atoms with Gasteiger partial charge in [-0.3, -0.25) is 0 Å². The van der Waals surface area contributed by atoms with Crippen molar-refractivity contribution in [2.45, 2.75) is 18.8 Å². The third kappa shape index (κ3) is 1.01. The van der Waals surface area contributed by atoms with Crippen molar-refractivity contribution in [3.05, 3.63) is 34.5 Å². The first-order valence-electron chi connectivity index (χ1n) is 3.67. The molecule has 1 heterocycles. The Kier molecular flexibility index (Phi) is 1.60. The Morgan fingerprint density at radius 1 is 1.50 bits per heavy atom. The van der Waals surface area contributed by atoms with E-state index in [1.54, 1.807) is 0 Å². The number of hydrogen-bond donors (Lipinski definition) is 0. The smallest absolute Gasteiger partial charge is 0.0115 e. The summed E-state index contributed by atoms with van der Waals surface area (Å²) in [5.74, 6) is 0.736. The molecule has 0 spiro atoms. The summed E-state index contributed by atoms with van der Waals surface area (Å²) < 4.78 is 0. The molecular formula is C9H10S. The Bertz CT molecular complexity index is 221. The molecule has 0 N–H and O–H groups in total. The molecule has 0 radical (unpaired) electrons. The van der Waals surface area contributed by atoms with Crippen molar-refractivity contribution in [2.75, 3.05) is 0 Å². The van der Waals surface area contributed by atoms with Gasteiger partial charge in [-0.15, -0.1) is 11.3 Å². The molecule has 0 unspecified atom stereocenters. The first-order chi connectivity index (χ1) is 4.97.